The summed E-state index contributed by atoms with van der Waals surface area (Å²) in [5, 5.41) is 21.3. The number of amides is 1. The summed E-state index contributed by atoms with van der Waals surface area (Å²) in [6.07, 6.45) is -1.70. The number of esters is 1. The molecule has 3 N–H and O–H groups in total. The lowest BCUT2D eigenvalue weighted by Gasteiger charge is -2.41. The summed E-state index contributed by atoms with van der Waals surface area (Å²) in [5.74, 6) is 0.600. The maximum absolute atomic E-state index is 12.1. The van der Waals surface area contributed by atoms with Crippen molar-refractivity contribution in [3.05, 3.63) is 70.8 Å². The minimum atomic E-state index is -0.850. The number of thioether (sulfide) groups is 1. The molecule has 9 heteroatoms. The summed E-state index contributed by atoms with van der Waals surface area (Å²) in [7, 11) is 0. The molecule has 0 saturated carbocycles. The second-order valence-electron chi connectivity index (χ2n) is 8.83. The lowest BCUT2D eigenvalue weighted by Crippen LogP contribution is -2.38. The number of carbonyl (C=O) groups is 2. The van der Waals surface area contributed by atoms with E-state index < -0.39 is 18.4 Å². The van der Waals surface area contributed by atoms with Crippen LogP contribution in [-0.4, -0.2) is 52.4 Å². The number of nitrogens with one attached hydrogen (secondary N) is 1. The first kappa shape index (κ1) is 28.1. The van der Waals surface area contributed by atoms with Crippen LogP contribution in [0.15, 0.2) is 48.5 Å². The van der Waals surface area contributed by atoms with Crippen molar-refractivity contribution in [2.75, 3.05) is 18.1 Å². The third-order valence-electron chi connectivity index (χ3n) is 6.07. The molecule has 3 rings (SSSR count). The van der Waals surface area contributed by atoms with Crippen LogP contribution in [0.5, 0.6) is 0 Å². The van der Waals surface area contributed by atoms with E-state index in [0.717, 1.165) is 28.0 Å². The Hall–Kier alpha value is -2.43. The lowest BCUT2D eigenvalue weighted by molar-refractivity contribution is -0.268. The van der Waals surface area contributed by atoms with Gasteiger partial charge in [-0.3, -0.25) is 9.59 Å². The Balaban J connectivity index is 1.70. The monoisotopic (exact) mass is 517 g/mol. The van der Waals surface area contributed by atoms with E-state index in [-0.39, 0.29) is 37.2 Å². The van der Waals surface area contributed by atoms with Crippen LogP contribution in [0.4, 0.5) is 0 Å². The normalized spacial score (nSPS) is 22.6. The van der Waals surface area contributed by atoms with Crippen molar-refractivity contribution in [2.45, 2.75) is 58.5 Å². The van der Waals surface area contributed by atoms with Crippen molar-refractivity contribution in [1.82, 2.24) is 5.32 Å². The summed E-state index contributed by atoms with van der Waals surface area (Å²) >= 11 is 1.65. The van der Waals surface area contributed by atoms with Crippen LogP contribution in [0.2, 0.25) is 0 Å². The fourth-order valence-corrected chi connectivity index (χ4v) is 4.91. The number of ether oxygens (including phenoxy) is 3. The third-order valence-corrected chi connectivity index (χ3v) is 7.11. The van der Waals surface area contributed by atoms with E-state index in [1.807, 2.05) is 48.5 Å². The van der Waals surface area contributed by atoms with Crippen molar-refractivity contribution in [3.8, 4) is 0 Å². The fraction of sp³-hybridized carbons (Fsp3) is 0.481. The lowest BCUT2D eigenvalue weighted by atomic mass is 9.91. The van der Waals surface area contributed by atoms with E-state index in [1.165, 1.54) is 13.8 Å². The summed E-state index contributed by atoms with van der Waals surface area (Å²) in [6.45, 7) is 5.31. The zero-order valence-electron chi connectivity index (χ0n) is 20.9. The van der Waals surface area contributed by atoms with Gasteiger partial charge in [-0.05, 0) is 23.6 Å². The number of aliphatic hydroxyl groups is 2. The molecule has 2 aromatic rings. The average Bonchev–Trinajstić information content (AvgIpc) is 2.88. The Morgan fingerprint density at radius 3 is 2.28 bits per heavy atom. The number of hydrogen-bond donors (Lipinski definition) is 3. The maximum Gasteiger partial charge on any atom is 0.303 e. The summed E-state index contributed by atoms with van der Waals surface area (Å²) in [4.78, 5) is 23.1. The number of hydrogen-bond acceptors (Lipinski definition) is 8. The van der Waals surface area contributed by atoms with Crippen molar-refractivity contribution < 1.29 is 34.0 Å². The summed E-state index contributed by atoms with van der Waals surface area (Å²) < 4.78 is 17.7. The molecular weight excluding hydrogens is 482 g/mol. The molecule has 5 atom stereocenters. The van der Waals surface area contributed by atoms with Gasteiger partial charge in [0.25, 0.3) is 5.91 Å². The molecule has 0 radical (unpaired) electrons. The standard InChI is InChI=1S/C27H35NO7S/c1-17-24(16-36-13-12-29)34-27(35-25(17)22-8-6-21(15-30)7-9-22)23-10-4-20(5-11-23)14-28-26(32)18(2)33-19(3)31/h4-11,17-18,24-25,27,29-30H,12-16H2,1-3H3,(H,28,32)/t17-,18-,24+,25+,27?/m0/s1. The molecule has 1 fully saturated rings. The van der Waals surface area contributed by atoms with Gasteiger partial charge in [-0.25, -0.2) is 0 Å². The molecule has 36 heavy (non-hydrogen) atoms. The maximum atomic E-state index is 12.1. The molecule has 1 aliphatic heterocycles. The van der Waals surface area contributed by atoms with Crippen molar-refractivity contribution >= 4 is 23.6 Å². The Morgan fingerprint density at radius 1 is 1.03 bits per heavy atom. The third kappa shape index (κ3) is 7.78. The van der Waals surface area contributed by atoms with Gasteiger partial charge in [0.1, 0.15) is 0 Å². The highest BCUT2D eigenvalue weighted by molar-refractivity contribution is 7.99. The smallest absolute Gasteiger partial charge is 0.303 e. The van der Waals surface area contributed by atoms with Gasteiger partial charge in [-0.15, -0.1) is 0 Å². The van der Waals surface area contributed by atoms with E-state index in [2.05, 4.69) is 12.2 Å². The molecule has 0 spiro atoms. The Kier molecular flexibility index (Phi) is 10.8. The molecule has 1 amide bonds. The molecule has 1 unspecified atom stereocenters. The van der Waals surface area contributed by atoms with Gasteiger partial charge in [-0.2, -0.15) is 11.8 Å². The van der Waals surface area contributed by atoms with Gasteiger partial charge in [0.15, 0.2) is 12.4 Å². The first-order chi connectivity index (χ1) is 17.3. The SMILES string of the molecule is CC(=O)O[C@@H](C)C(=O)NCc1ccc(C2O[C@H](CSCCO)[C@H](C)[C@H](c3ccc(CO)cc3)O2)cc1. The summed E-state index contributed by atoms with van der Waals surface area (Å²) in [5.41, 5.74) is 3.61. The van der Waals surface area contributed by atoms with Gasteiger partial charge < -0.3 is 29.7 Å². The van der Waals surface area contributed by atoms with E-state index in [0.29, 0.717) is 12.3 Å². The van der Waals surface area contributed by atoms with E-state index in [9.17, 15) is 19.8 Å². The molecule has 1 aliphatic rings. The zero-order chi connectivity index (χ0) is 26.1. The first-order valence-electron chi connectivity index (χ1n) is 12.0. The van der Waals surface area contributed by atoms with Crippen LogP contribution in [-0.2, 0) is 37.0 Å². The van der Waals surface area contributed by atoms with E-state index in [4.69, 9.17) is 14.2 Å². The van der Waals surface area contributed by atoms with Crippen molar-refractivity contribution in [1.29, 1.82) is 0 Å². The average molecular weight is 518 g/mol. The molecule has 1 heterocycles. The Bertz CT molecular complexity index is 983. The van der Waals surface area contributed by atoms with Gasteiger partial charge in [-0.1, -0.05) is 55.5 Å². The van der Waals surface area contributed by atoms with Gasteiger partial charge in [0, 0.05) is 36.5 Å². The van der Waals surface area contributed by atoms with Gasteiger partial charge >= 0.3 is 5.97 Å². The van der Waals surface area contributed by atoms with E-state index in [1.54, 1.807) is 11.8 Å². The molecular formula is C27H35NO7S. The molecule has 196 valence electrons. The Morgan fingerprint density at radius 2 is 1.67 bits per heavy atom. The minimum Gasteiger partial charge on any atom is -0.453 e. The number of benzene rings is 2. The predicted molar refractivity (Wildman–Crippen MR) is 137 cm³/mol. The minimum absolute atomic E-state index is 0.0109. The van der Waals surface area contributed by atoms with Crippen LogP contribution >= 0.6 is 11.8 Å². The molecule has 2 aromatic carbocycles. The highest BCUT2D eigenvalue weighted by atomic mass is 32.2. The molecule has 1 saturated heterocycles. The van der Waals surface area contributed by atoms with Crippen molar-refractivity contribution in [3.63, 3.8) is 0 Å². The second kappa shape index (κ2) is 13.8. The molecule has 8 nitrogen and oxygen atoms in total. The number of rotatable bonds is 11. The van der Waals surface area contributed by atoms with Crippen LogP contribution in [0.1, 0.15) is 55.4 Å². The van der Waals surface area contributed by atoms with E-state index >= 15 is 0 Å². The largest absolute Gasteiger partial charge is 0.453 e. The van der Waals surface area contributed by atoms with Crippen LogP contribution in [0.3, 0.4) is 0 Å². The van der Waals surface area contributed by atoms with Crippen LogP contribution < -0.4 is 5.32 Å². The topological polar surface area (TPSA) is 114 Å². The predicted octanol–water partition coefficient (Wildman–Crippen LogP) is 3.26. The van der Waals surface area contributed by atoms with Gasteiger partial charge in [0.05, 0.1) is 25.4 Å². The van der Waals surface area contributed by atoms with Crippen molar-refractivity contribution in [2.24, 2.45) is 5.92 Å². The number of aliphatic hydroxyl groups excluding tert-OH is 2. The highest BCUT2D eigenvalue weighted by Crippen LogP contribution is 2.42. The summed E-state index contributed by atoms with van der Waals surface area (Å²) in [6, 6.07) is 15.4. The second-order valence-corrected chi connectivity index (χ2v) is 9.98. The quantitative estimate of drug-likeness (QED) is 0.307. The van der Waals surface area contributed by atoms with Gasteiger partial charge in [0.2, 0.25) is 0 Å². The molecule has 0 bridgehead atoms. The van der Waals surface area contributed by atoms with Crippen LogP contribution in [0, 0.1) is 5.92 Å². The number of carbonyl (C=O) groups excluding carboxylic acids is 2. The molecule has 0 aliphatic carbocycles. The van der Waals surface area contributed by atoms with Crippen LogP contribution in [0.25, 0.3) is 0 Å². The highest BCUT2D eigenvalue weighted by Gasteiger charge is 2.38. The Labute approximate surface area is 216 Å². The zero-order valence-corrected chi connectivity index (χ0v) is 21.7. The first-order valence-corrected chi connectivity index (χ1v) is 13.2. The fourth-order valence-electron chi connectivity index (χ4n) is 4.00. The molecule has 0 aromatic heterocycles.